The second-order valence-corrected chi connectivity index (χ2v) is 2.81. The third-order valence-corrected chi connectivity index (χ3v) is 2.20. The van der Waals surface area contributed by atoms with E-state index in [1.807, 2.05) is 0 Å². The van der Waals surface area contributed by atoms with Crippen LogP contribution in [0.4, 0.5) is 0 Å². The molecule has 2 heteroatoms. The minimum absolute atomic E-state index is 0.768. The van der Waals surface area contributed by atoms with Crippen molar-refractivity contribution >= 4 is 27.5 Å². The summed E-state index contributed by atoms with van der Waals surface area (Å²) in [5.41, 5.74) is 1.44. The van der Waals surface area contributed by atoms with Gasteiger partial charge in [0.05, 0.1) is 0 Å². The fourth-order valence-corrected chi connectivity index (χ4v) is 1.32. The fourth-order valence-electron chi connectivity index (χ4n) is 0.582. The van der Waals surface area contributed by atoms with Crippen LogP contribution in [0.3, 0.4) is 0 Å². The zero-order chi connectivity index (χ0) is 7.11. The molecule has 0 heterocycles. The van der Waals surface area contributed by atoms with Crippen LogP contribution in [0.2, 0.25) is 0 Å². The average Bonchev–Trinajstić information content (AvgIpc) is 1.91. The number of hydrogen-bond donors (Lipinski definition) is 0. The summed E-state index contributed by atoms with van der Waals surface area (Å²) in [7, 11) is 0. The Morgan fingerprint density at radius 3 is 2.67 bits per heavy atom. The Balaban J connectivity index is 3.33. The highest BCUT2D eigenvalue weighted by atomic mass is 79.9. The van der Waals surface area contributed by atoms with Gasteiger partial charge in [0.25, 0.3) is 0 Å². The third-order valence-electron chi connectivity index (χ3n) is 1.21. The molecule has 0 nitrogen and oxygen atoms in total. The van der Waals surface area contributed by atoms with Gasteiger partial charge in [0.2, 0.25) is 0 Å². The van der Waals surface area contributed by atoms with E-state index in [2.05, 4.69) is 28.9 Å². The summed E-state index contributed by atoms with van der Waals surface area (Å²) < 4.78 is 0. The molecule has 0 N–H and O–H groups in total. The number of rotatable bonds is 4. The van der Waals surface area contributed by atoms with Crippen molar-refractivity contribution in [2.24, 2.45) is 0 Å². The van der Waals surface area contributed by atoms with Crippen LogP contribution in [0.15, 0.2) is 11.6 Å². The van der Waals surface area contributed by atoms with Crippen LogP contribution in [0.1, 0.15) is 19.8 Å². The summed E-state index contributed by atoms with van der Waals surface area (Å²) in [6.45, 7) is 2.06. The first-order valence-electron chi connectivity index (χ1n) is 3.11. The summed E-state index contributed by atoms with van der Waals surface area (Å²) >= 11 is 8.91. The van der Waals surface area contributed by atoms with E-state index >= 15 is 0 Å². The standard InChI is InChI=1S/C7H12BrCl/c1-2-7(6-8)4-3-5-9/h2H,3-6H2,1H3/b7-2-. The Labute approximate surface area is 70.4 Å². The molecule has 0 aliphatic carbocycles. The topological polar surface area (TPSA) is 0 Å². The van der Waals surface area contributed by atoms with Crippen molar-refractivity contribution in [1.29, 1.82) is 0 Å². The molecule has 0 spiro atoms. The van der Waals surface area contributed by atoms with Gasteiger partial charge >= 0.3 is 0 Å². The van der Waals surface area contributed by atoms with Gasteiger partial charge in [-0.2, -0.15) is 0 Å². The largest absolute Gasteiger partial charge is 0.127 e. The van der Waals surface area contributed by atoms with Gasteiger partial charge in [0.15, 0.2) is 0 Å². The lowest BCUT2D eigenvalue weighted by Gasteiger charge is -1.98. The minimum Gasteiger partial charge on any atom is -0.127 e. The summed E-state index contributed by atoms with van der Waals surface area (Å²) in [5.74, 6) is 0.768. The van der Waals surface area contributed by atoms with Crippen molar-refractivity contribution in [3.63, 3.8) is 0 Å². The monoisotopic (exact) mass is 210 g/mol. The predicted molar refractivity (Wildman–Crippen MR) is 47.5 cm³/mol. The highest BCUT2D eigenvalue weighted by Crippen LogP contribution is 2.08. The molecule has 0 amide bonds. The Morgan fingerprint density at radius 1 is 1.67 bits per heavy atom. The lowest BCUT2D eigenvalue weighted by Crippen LogP contribution is -1.84. The van der Waals surface area contributed by atoms with Crippen LogP contribution >= 0.6 is 27.5 Å². The predicted octanol–water partition coefficient (Wildman–Crippen LogP) is 3.35. The molecule has 0 rings (SSSR count). The molecule has 0 saturated carbocycles. The first kappa shape index (κ1) is 9.51. The molecular formula is C7H12BrCl. The van der Waals surface area contributed by atoms with Gasteiger partial charge in [-0.05, 0) is 19.8 Å². The zero-order valence-electron chi connectivity index (χ0n) is 5.66. The van der Waals surface area contributed by atoms with Gasteiger partial charge in [-0.3, -0.25) is 0 Å². The smallest absolute Gasteiger partial charge is 0.0241 e. The van der Waals surface area contributed by atoms with Gasteiger partial charge in [0, 0.05) is 11.2 Å². The van der Waals surface area contributed by atoms with Crippen molar-refractivity contribution in [2.75, 3.05) is 11.2 Å². The van der Waals surface area contributed by atoms with Crippen LogP contribution in [-0.4, -0.2) is 11.2 Å². The summed E-state index contributed by atoms with van der Waals surface area (Å²) in [6.07, 6.45) is 4.36. The molecule has 0 saturated heterocycles. The van der Waals surface area contributed by atoms with E-state index in [9.17, 15) is 0 Å². The number of halogens is 2. The van der Waals surface area contributed by atoms with Gasteiger partial charge in [0.1, 0.15) is 0 Å². The van der Waals surface area contributed by atoms with E-state index in [1.54, 1.807) is 0 Å². The number of allylic oxidation sites excluding steroid dienone is 2. The van der Waals surface area contributed by atoms with Crippen molar-refractivity contribution < 1.29 is 0 Å². The quantitative estimate of drug-likeness (QED) is 0.494. The Kier molecular flexibility index (Phi) is 7.00. The molecule has 9 heavy (non-hydrogen) atoms. The van der Waals surface area contributed by atoms with Crippen LogP contribution in [-0.2, 0) is 0 Å². The Hall–Kier alpha value is 0.510. The first-order chi connectivity index (χ1) is 4.35. The Morgan fingerprint density at radius 2 is 2.33 bits per heavy atom. The molecule has 0 radical (unpaired) electrons. The summed E-state index contributed by atoms with van der Waals surface area (Å²) in [5, 5.41) is 0.986. The summed E-state index contributed by atoms with van der Waals surface area (Å²) in [6, 6.07) is 0. The maximum absolute atomic E-state index is 5.52. The van der Waals surface area contributed by atoms with Crippen LogP contribution in [0.25, 0.3) is 0 Å². The van der Waals surface area contributed by atoms with Gasteiger partial charge in [-0.15, -0.1) is 11.6 Å². The molecule has 0 aromatic rings. The van der Waals surface area contributed by atoms with Crippen LogP contribution in [0, 0.1) is 0 Å². The number of alkyl halides is 2. The van der Waals surface area contributed by atoms with Crippen LogP contribution < -0.4 is 0 Å². The minimum atomic E-state index is 0.768. The molecule has 0 bridgehead atoms. The highest BCUT2D eigenvalue weighted by Gasteiger charge is 1.91. The highest BCUT2D eigenvalue weighted by molar-refractivity contribution is 9.09. The number of hydrogen-bond acceptors (Lipinski definition) is 0. The third kappa shape index (κ3) is 4.98. The molecule has 0 fully saturated rings. The lowest BCUT2D eigenvalue weighted by atomic mass is 10.2. The molecular weight excluding hydrogens is 199 g/mol. The van der Waals surface area contributed by atoms with Gasteiger partial charge in [-0.25, -0.2) is 0 Å². The van der Waals surface area contributed by atoms with Gasteiger partial charge in [-0.1, -0.05) is 27.6 Å². The molecule has 0 atom stereocenters. The second-order valence-electron chi connectivity index (χ2n) is 1.87. The molecule has 0 unspecified atom stereocenters. The second kappa shape index (κ2) is 6.63. The van der Waals surface area contributed by atoms with Crippen molar-refractivity contribution in [1.82, 2.24) is 0 Å². The van der Waals surface area contributed by atoms with E-state index in [1.165, 1.54) is 5.57 Å². The Bertz CT molecular complexity index is 88.9. The van der Waals surface area contributed by atoms with E-state index in [0.717, 1.165) is 24.1 Å². The zero-order valence-corrected chi connectivity index (χ0v) is 8.00. The lowest BCUT2D eigenvalue weighted by molar-refractivity contribution is 0.914. The first-order valence-corrected chi connectivity index (χ1v) is 4.76. The maximum Gasteiger partial charge on any atom is 0.0241 e. The summed E-state index contributed by atoms with van der Waals surface area (Å²) in [4.78, 5) is 0. The molecule has 0 aliphatic rings. The molecule has 0 aliphatic heterocycles. The molecule has 0 aromatic heterocycles. The molecule has 54 valence electrons. The van der Waals surface area contributed by atoms with Crippen molar-refractivity contribution in [3.8, 4) is 0 Å². The van der Waals surface area contributed by atoms with Gasteiger partial charge < -0.3 is 0 Å². The van der Waals surface area contributed by atoms with E-state index in [0.29, 0.717) is 0 Å². The molecule has 0 aromatic carbocycles. The van der Waals surface area contributed by atoms with E-state index < -0.39 is 0 Å². The van der Waals surface area contributed by atoms with Crippen molar-refractivity contribution in [2.45, 2.75) is 19.8 Å². The van der Waals surface area contributed by atoms with E-state index in [-0.39, 0.29) is 0 Å². The van der Waals surface area contributed by atoms with Crippen molar-refractivity contribution in [3.05, 3.63) is 11.6 Å². The SMILES string of the molecule is C/C=C(\CBr)CCCCl. The average molecular weight is 212 g/mol. The fraction of sp³-hybridized carbons (Fsp3) is 0.714. The normalized spacial score (nSPS) is 12.1. The van der Waals surface area contributed by atoms with Crippen LogP contribution in [0.5, 0.6) is 0 Å². The maximum atomic E-state index is 5.52. The van der Waals surface area contributed by atoms with E-state index in [4.69, 9.17) is 11.6 Å².